The molecule has 1 atom stereocenters. The number of nitro groups is 1. The van der Waals surface area contributed by atoms with E-state index in [1.807, 2.05) is 0 Å². The Morgan fingerprint density at radius 2 is 2.35 bits per heavy atom. The monoisotopic (exact) mass is 276 g/mol. The Balaban J connectivity index is 1.85. The van der Waals surface area contributed by atoms with Crippen LogP contribution in [0, 0.1) is 10.1 Å². The Kier molecular flexibility index (Phi) is 3.40. The van der Waals surface area contributed by atoms with Crippen LogP contribution in [0.1, 0.15) is 11.9 Å². The molecule has 1 aromatic heterocycles. The van der Waals surface area contributed by atoms with E-state index in [0.29, 0.717) is 24.6 Å². The van der Waals surface area contributed by atoms with Crippen molar-refractivity contribution in [2.45, 2.75) is 6.04 Å². The molecular weight excluding hydrogens is 264 g/mol. The third-order valence-electron chi connectivity index (χ3n) is 2.98. The predicted molar refractivity (Wildman–Crippen MR) is 68.0 cm³/mol. The Labute approximate surface area is 113 Å². The van der Waals surface area contributed by atoms with Crippen LogP contribution in [-0.4, -0.2) is 34.8 Å². The van der Waals surface area contributed by atoms with Crippen molar-refractivity contribution in [3.05, 3.63) is 40.2 Å². The third-order valence-corrected chi connectivity index (χ3v) is 2.98. The lowest BCUT2D eigenvalue weighted by Gasteiger charge is -2.20. The van der Waals surface area contributed by atoms with Crippen LogP contribution < -0.4 is 5.32 Å². The molecule has 1 fully saturated rings. The third kappa shape index (κ3) is 2.51. The molecule has 104 valence electrons. The first-order valence-electron chi connectivity index (χ1n) is 6.13. The fourth-order valence-corrected chi connectivity index (χ4v) is 1.98. The molecule has 8 nitrogen and oxygen atoms in total. The molecule has 0 spiro atoms. The lowest BCUT2D eigenvalue weighted by Crippen LogP contribution is -2.35. The van der Waals surface area contributed by atoms with Crippen molar-refractivity contribution in [3.8, 4) is 11.5 Å². The first-order valence-corrected chi connectivity index (χ1v) is 6.13. The van der Waals surface area contributed by atoms with Gasteiger partial charge in [0.15, 0.2) is 5.82 Å². The van der Waals surface area contributed by atoms with Crippen LogP contribution in [0.15, 0.2) is 28.8 Å². The Morgan fingerprint density at radius 1 is 1.45 bits per heavy atom. The molecule has 1 aliphatic rings. The number of nitrogens with zero attached hydrogens (tertiary/aromatic N) is 3. The molecule has 0 amide bonds. The Hall–Kier alpha value is -2.32. The SMILES string of the molecule is O=[N+]([O-])c1cccc(-c2nc(C3COCCN3)no2)c1. The van der Waals surface area contributed by atoms with E-state index < -0.39 is 4.92 Å². The summed E-state index contributed by atoms with van der Waals surface area (Å²) < 4.78 is 10.5. The largest absolute Gasteiger partial charge is 0.378 e. The second kappa shape index (κ2) is 5.35. The van der Waals surface area contributed by atoms with Crippen molar-refractivity contribution in [1.82, 2.24) is 15.5 Å². The zero-order valence-electron chi connectivity index (χ0n) is 10.5. The van der Waals surface area contributed by atoms with E-state index in [1.54, 1.807) is 12.1 Å². The number of hydrogen-bond donors (Lipinski definition) is 1. The summed E-state index contributed by atoms with van der Waals surface area (Å²) in [5.41, 5.74) is 0.510. The molecule has 2 aromatic rings. The highest BCUT2D eigenvalue weighted by atomic mass is 16.6. The van der Waals surface area contributed by atoms with E-state index in [2.05, 4.69) is 15.5 Å². The molecule has 1 N–H and O–H groups in total. The Morgan fingerprint density at radius 3 is 3.10 bits per heavy atom. The minimum absolute atomic E-state index is 0.0126. The standard InChI is InChI=1S/C12H12N4O4/c17-16(18)9-3-1-2-8(6-9)12-14-11(15-20-12)10-7-19-5-4-13-10/h1-3,6,10,13H,4-5,7H2. The van der Waals surface area contributed by atoms with E-state index in [1.165, 1.54) is 12.1 Å². The van der Waals surface area contributed by atoms with Crippen molar-refractivity contribution in [2.75, 3.05) is 19.8 Å². The van der Waals surface area contributed by atoms with Gasteiger partial charge in [0.05, 0.1) is 24.2 Å². The highest BCUT2D eigenvalue weighted by molar-refractivity contribution is 5.57. The van der Waals surface area contributed by atoms with Crippen LogP contribution in [0.5, 0.6) is 0 Å². The molecule has 0 bridgehead atoms. The fourth-order valence-electron chi connectivity index (χ4n) is 1.98. The molecule has 8 heteroatoms. The number of nitrogens with one attached hydrogen (secondary N) is 1. The first kappa shape index (κ1) is 12.7. The van der Waals surface area contributed by atoms with Crippen molar-refractivity contribution in [1.29, 1.82) is 0 Å². The number of ether oxygens (including phenoxy) is 1. The molecule has 1 aromatic carbocycles. The second-order valence-electron chi connectivity index (χ2n) is 4.35. The van der Waals surface area contributed by atoms with E-state index >= 15 is 0 Å². The van der Waals surface area contributed by atoms with E-state index in [0.717, 1.165) is 6.54 Å². The van der Waals surface area contributed by atoms with Crippen LogP contribution in [0.25, 0.3) is 11.5 Å². The minimum Gasteiger partial charge on any atom is -0.378 e. The molecule has 0 aliphatic carbocycles. The van der Waals surface area contributed by atoms with Gasteiger partial charge in [-0.15, -0.1) is 0 Å². The van der Waals surface area contributed by atoms with Gasteiger partial charge < -0.3 is 14.6 Å². The van der Waals surface area contributed by atoms with Gasteiger partial charge in [0.1, 0.15) is 0 Å². The van der Waals surface area contributed by atoms with Crippen LogP contribution >= 0.6 is 0 Å². The number of benzene rings is 1. The summed E-state index contributed by atoms with van der Waals surface area (Å²) in [5, 5.41) is 17.9. The minimum atomic E-state index is -0.461. The zero-order valence-corrected chi connectivity index (χ0v) is 10.5. The number of nitro benzene ring substituents is 1. The van der Waals surface area contributed by atoms with Gasteiger partial charge in [-0.3, -0.25) is 10.1 Å². The molecule has 0 saturated carbocycles. The Bertz CT molecular complexity index is 621. The normalized spacial score (nSPS) is 18.9. The van der Waals surface area contributed by atoms with Gasteiger partial charge in [-0.25, -0.2) is 0 Å². The maximum Gasteiger partial charge on any atom is 0.270 e. The predicted octanol–water partition coefficient (Wildman–Crippen LogP) is 1.31. The topological polar surface area (TPSA) is 103 Å². The van der Waals surface area contributed by atoms with Gasteiger partial charge in [-0.1, -0.05) is 11.2 Å². The maximum atomic E-state index is 10.7. The average Bonchev–Trinajstić information content (AvgIpc) is 2.98. The molecule has 1 saturated heterocycles. The van der Waals surface area contributed by atoms with Crippen LogP contribution in [0.4, 0.5) is 5.69 Å². The second-order valence-corrected chi connectivity index (χ2v) is 4.35. The average molecular weight is 276 g/mol. The lowest BCUT2D eigenvalue weighted by atomic mass is 10.2. The molecule has 1 unspecified atom stereocenters. The van der Waals surface area contributed by atoms with Gasteiger partial charge >= 0.3 is 0 Å². The number of morpholine rings is 1. The van der Waals surface area contributed by atoms with Crippen molar-refractivity contribution >= 4 is 5.69 Å². The number of rotatable bonds is 3. The van der Waals surface area contributed by atoms with E-state index in [4.69, 9.17) is 9.26 Å². The highest BCUT2D eigenvalue weighted by Gasteiger charge is 2.21. The van der Waals surface area contributed by atoms with Crippen LogP contribution in [-0.2, 0) is 4.74 Å². The summed E-state index contributed by atoms with van der Waals surface area (Å²) >= 11 is 0. The summed E-state index contributed by atoms with van der Waals surface area (Å²) in [4.78, 5) is 14.6. The summed E-state index contributed by atoms with van der Waals surface area (Å²) in [7, 11) is 0. The van der Waals surface area contributed by atoms with Crippen LogP contribution in [0.3, 0.4) is 0 Å². The summed E-state index contributed by atoms with van der Waals surface area (Å²) in [6.45, 7) is 1.87. The summed E-state index contributed by atoms with van der Waals surface area (Å²) in [6.07, 6.45) is 0. The van der Waals surface area contributed by atoms with Gasteiger partial charge in [0.2, 0.25) is 0 Å². The fraction of sp³-hybridized carbons (Fsp3) is 0.333. The van der Waals surface area contributed by atoms with Gasteiger partial charge in [-0.2, -0.15) is 4.98 Å². The van der Waals surface area contributed by atoms with Gasteiger partial charge in [0, 0.05) is 24.2 Å². The van der Waals surface area contributed by atoms with Crippen LogP contribution in [0.2, 0.25) is 0 Å². The molecule has 0 radical (unpaired) electrons. The quantitative estimate of drug-likeness (QED) is 0.665. The molecule has 1 aliphatic heterocycles. The number of non-ortho nitro benzene ring substituents is 1. The summed E-state index contributed by atoms with van der Waals surface area (Å²) in [6, 6.07) is 5.98. The van der Waals surface area contributed by atoms with Crippen molar-refractivity contribution in [2.24, 2.45) is 0 Å². The molecule has 2 heterocycles. The lowest BCUT2D eigenvalue weighted by molar-refractivity contribution is -0.384. The van der Waals surface area contributed by atoms with Gasteiger partial charge in [0.25, 0.3) is 11.6 Å². The maximum absolute atomic E-state index is 10.7. The summed E-state index contributed by atoms with van der Waals surface area (Å²) in [5.74, 6) is 0.752. The highest BCUT2D eigenvalue weighted by Crippen LogP contribution is 2.23. The van der Waals surface area contributed by atoms with Crippen molar-refractivity contribution < 1.29 is 14.2 Å². The zero-order chi connectivity index (χ0) is 13.9. The molecule has 20 heavy (non-hydrogen) atoms. The number of hydrogen-bond acceptors (Lipinski definition) is 7. The van der Waals surface area contributed by atoms with E-state index in [-0.39, 0.29) is 17.6 Å². The molecule has 3 rings (SSSR count). The first-order chi connectivity index (χ1) is 9.74. The van der Waals surface area contributed by atoms with E-state index in [9.17, 15) is 10.1 Å². The molecular formula is C12H12N4O4. The van der Waals surface area contributed by atoms with Crippen molar-refractivity contribution in [3.63, 3.8) is 0 Å². The smallest absolute Gasteiger partial charge is 0.270 e. The van der Waals surface area contributed by atoms with Gasteiger partial charge in [-0.05, 0) is 6.07 Å². The number of aromatic nitrogens is 2.